The van der Waals surface area contributed by atoms with Crippen LogP contribution in [0.4, 0.5) is 19.2 Å². The molecule has 296 valence electrons. The molecule has 0 fully saturated rings. The van der Waals surface area contributed by atoms with E-state index < -0.39 is 36.2 Å². The summed E-state index contributed by atoms with van der Waals surface area (Å²) in [5.41, 5.74) is 5.06. The lowest BCUT2D eigenvalue weighted by Crippen LogP contribution is -2.43. The smallest absolute Gasteiger partial charge is 0.426 e. The SMILES string of the molecule is O=C(Cc1ccc2c(c1)CC(CC(=O)N(C(=O)OCc1ccccc1)C(=O)OCc1ccccc1)CC2)N(C(=O)OCc1ccccc1)C(=O)OCc1ccccc1. The Morgan fingerprint density at radius 2 is 0.828 bits per heavy atom. The van der Waals surface area contributed by atoms with Gasteiger partial charge in [-0.05, 0) is 64.1 Å². The Bertz CT molecular complexity index is 2090. The fourth-order valence-corrected chi connectivity index (χ4v) is 6.45. The molecule has 1 atom stereocenters. The summed E-state index contributed by atoms with van der Waals surface area (Å²) < 4.78 is 21.5. The summed E-state index contributed by atoms with van der Waals surface area (Å²) in [5.74, 6) is -1.89. The van der Waals surface area contributed by atoms with Crippen LogP contribution in [0.5, 0.6) is 0 Å². The van der Waals surface area contributed by atoms with Gasteiger partial charge in [0.05, 0.1) is 6.42 Å². The molecule has 1 aliphatic rings. The van der Waals surface area contributed by atoms with E-state index in [4.69, 9.17) is 18.9 Å². The second kappa shape index (κ2) is 20.2. The van der Waals surface area contributed by atoms with Gasteiger partial charge in [-0.25, -0.2) is 19.2 Å². The first-order valence-corrected chi connectivity index (χ1v) is 18.8. The van der Waals surface area contributed by atoms with Gasteiger partial charge >= 0.3 is 24.4 Å². The fourth-order valence-electron chi connectivity index (χ4n) is 6.45. The zero-order chi connectivity index (χ0) is 40.7. The van der Waals surface area contributed by atoms with E-state index in [0.29, 0.717) is 56.9 Å². The van der Waals surface area contributed by atoms with Crippen molar-refractivity contribution in [1.82, 2.24) is 9.80 Å². The summed E-state index contributed by atoms with van der Waals surface area (Å²) >= 11 is 0. The molecule has 0 heterocycles. The Balaban J connectivity index is 1.12. The fraction of sp³-hybridized carbons (Fsp3) is 0.217. The molecule has 1 aliphatic carbocycles. The summed E-state index contributed by atoms with van der Waals surface area (Å²) in [6.45, 7) is -0.635. The number of fused-ring (bicyclic) bond motifs is 1. The van der Waals surface area contributed by atoms with E-state index in [-0.39, 0.29) is 45.2 Å². The number of rotatable bonds is 12. The number of aryl methyl sites for hydroxylation is 1. The van der Waals surface area contributed by atoms with Gasteiger partial charge in [-0.15, -0.1) is 9.80 Å². The molecule has 0 N–H and O–H groups in total. The number of nitrogens with zero attached hydrogens (tertiary/aromatic N) is 2. The van der Waals surface area contributed by atoms with Crippen LogP contribution < -0.4 is 0 Å². The number of hydrogen-bond donors (Lipinski definition) is 0. The van der Waals surface area contributed by atoms with Crippen LogP contribution in [0.1, 0.15) is 51.8 Å². The van der Waals surface area contributed by atoms with Gasteiger partial charge in [-0.2, -0.15) is 0 Å². The summed E-state index contributed by atoms with van der Waals surface area (Å²) in [5, 5.41) is 0. The van der Waals surface area contributed by atoms with Crippen LogP contribution in [0.15, 0.2) is 140 Å². The number of imide groups is 6. The third-order valence-corrected chi connectivity index (χ3v) is 9.47. The molecule has 0 bridgehead atoms. The number of carbonyl (C=O) groups is 6. The molecule has 0 saturated carbocycles. The average Bonchev–Trinajstić information content (AvgIpc) is 3.25. The van der Waals surface area contributed by atoms with Crippen LogP contribution in [0.3, 0.4) is 0 Å². The van der Waals surface area contributed by atoms with Crippen LogP contribution >= 0.6 is 0 Å². The highest BCUT2D eigenvalue weighted by molar-refractivity contribution is 6.07. The van der Waals surface area contributed by atoms with Crippen molar-refractivity contribution in [3.05, 3.63) is 178 Å². The zero-order valence-corrected chi connectivity index (χ0v) is 31.7. The maximum absolute atomic E-state index is 13.7. The molecule has 5 aromatic carbocycles. The van der Waals surface area contributed by atoms with Gasteiger partial charge in [0.15, 0.2) is 0 Å². The predicted molar refractivity (Wildman–Crippen MR) is 210 cm³/mol. The van der Waals surface area contributed by atoms with Gasteiger partial charge in [0.2, 0.25) is 11.8 Å². The zero-order valence-electron chi connectivity index (χ0n) is 31.7. The summed E-state index contributed by atoms with van der Waals surface area (Å²) in [7, 11) is 0. The number of carbonyl (C=O) groups excluding carboxylic acids is 6. The van der Waals surface area contributed by atoms with E-state index in [1.54, 1.807) is 109 Å². The maximum Gasteiger partial charge on any atom is 0.426 e. The van der Waals surface area contributed by atoms with Crippen molar-refractivity contribution >= 4 is 36.2 Å². The van der Waals surface area contributed by atoms with Gasteiger partial charge in [0.25, 0.3) is 0 Å². The van der Waals surface area contributed by atoms with Crippen LogP contribution in [-0.2, 0) is 74.2 Å². The average molecular weight is 783 g/mol. The summed E-state index contributed by atoms with van der Waals surface area (Å²) in [4.78, 5) is 81.2. The van der Waals surface area contributed by atoms with Gasteiger partial charge in [-0.1, -0.05) is 140 Å². The number of ether oxygens (including phenoxy) is 4. The molecule has 6 rings (SSSR count). The first-order valence-electron chi connectivity index (χ1n) is 18.8. The first kappa shape index (κ1) is 40.6. The normalized spacial score (nSPS) is 12.9. The molecule has 12 heteroatoms. The van der Waals surface area contributed by atoms with Crippen molar-refractivity contribution in [2.45, 2.75) is 58.5 Å². The second-order valence-electron chi connectivity index (χ2n) is 13.7. The molecule has 5 aromatic rings. The monoisotopic (exact) mass is 782 g/mol. The highest BCUT2D eigenvalue weighted by atomic mass is 16.6. The van der Waals surface area contributed by atoms with E-state index >= 15 is 0 Å². The molecule has 0 aromatic heterocycles. The highest BCUT2D eigenvalue weighted by Gasteiger charge is 2.35. The molecule has 0 saturated heterocycles. The first-order chi connectivity index (χ1) is 28.2. The molecule has 1 unspecified atom stereocenters. The number of hydrogen-bond acceptors (Lipinski definition) is 10. The van der Waals surface area contributed by atoms with Crippen molar-refractivity contribution in [3.8, 4) is 0 Å². The largest absolute Gasteiger partial charge is 0.444 e. The van der Waals surface area contributed by atoms with Gasteiger partial charge in [0, 0.05) is 6.42 Å². The molecule has 6 amide bonds. The summed E-state index contributed by atoms with van der Waals surface area (Å²) in [6, 6.07) is 40.9. The second-order valence-corrected chi connectivity index (χ2v) is 13.7. The van der Waals surface area contributed by atoms with Crippen molar-refractivity contribution in [3.63, 3.8) is 0 Å². The van der Waals surface area contributed by atoms with Gasteiger partial charge in [0.1, 0.15) is 26.4 Å². The number of benzene rings is 5. The Kier molecular flexibility index (Phi) is 14.1. The van der Waals surface area contributed by atoms with Crippen molar-refractivity contribution in [1.29, 1.82) is 0 Å². The van der Waals surface area contributed by atoms with E-state index in [1.165, 1.54) is 0 Å². The minimum Gasteiger partial charge on any atom is -0.444 e. The van der Waals surface area contributed by atoms with E-state index in [1.807, 2.05) is 30.3 Å². The van der Waals surface area contributed by atoms with Crippen molar-refractivity contribution < 1.29 is 47.7 Å². The molecular weight excluding hydrogens is 741 g/mol. The Hall–Kier alpha value is -7.08. The molecule has 0 spiro atoms. The quantitative estimate of drug-likeness (QED) is 0.113. The van der Waals surface area contributed by atoms with Crippen LogP contribution in [-0.4, -0.2) is 46.0 Å². The van der Waals surface area contributed by atoms with Gasteiger partial charge in [-0.3, -0.25) is 9.59 Å². The molecule has 12 nitrogen and oxygen atoms in total. The van der Waals surface area contributed by atoms with Crippen molar-refractivity contribution in [2.24, 2.45) is 5.92 Å². The minimum atomic E-state index is -1.17. The van der Waals surface area contributed by atoms with Crippen LogP contribution in [0.2, 0.25) is 0 Å². The van der Waals surface area contributed by atoms with Crippen molar-refractivity contribution in [2.75, 3.05) is 0 Å². The third kappa shape index (κ3) is 11.5. The topological polar surface area (TPSA) is 146 Å². The molecule has 0 aliphatic heterocycles. The molecular formula is C46H42N2O10. The lowest BCUT2D eigenvalue weighted by Gasteiger charge is -2.26. The molecule has 0 radical (unpaired) electrons. The van der Waals surface area contributed by atoms with Gasteiger partial charge < -0.3 is 18.9 Å². The predicted octanol–water partition coefficient (Wildman–Crippen LogP) is 8.73. The molecule has 58 heavy (non-hydrogen) atoms. The minimum absolute atomic E-state index is 0.152. The lowest BCUT2D eigenvalue weighted by atomic mass is 9.81. The summed E-state index contributed by atoms with van der Waals surface area (Å²) in [6.07, 6.45) is -3.51. The Morgan fingerprint density at radius 3 is 1.22 bits per heavy atom. The van der Waals surface area contributed by atoms with Crippen LogP contribution in [0, 0.1) is 5.92 Å². The van der Waals surface area contributed by atoms with E-state index in [2.05, 4.69) is 0 Å². The van der Waals surface area contributed by atoms with E-state index in [9.17, 15) is 28.8 Å². The number of amides is 6. The highest BCUT2D eigenvalue weighted by Crippen LogP contribution is 2.30. The third-order valence-electron chi connectivity index (χ3n) is 9.47. The standard InChI is InChI=1S/C46H42N2O10/c49-41(47(43(51)55-29-33-13-5-1-6-14-33)44(52)56-30-34-15-7-2-8-16-34)27-37-21-23-39-24-22-38(26-40(39)25-37)28-42(50)48(45(53)57-31-35-17-9-3-10-18-35)46(54)58-32-36-19-11-4-12-20-36/h1-21,23,25,38H,22,24,26-32H2. The van der Waals surface area contributed by atoms with E-state index in [0.717, 1.165) is 11.1 Å². The maximum atomic E-state index is 13.7. The van der Waals surface area contributed by atoms with Crippen LogP contribution in [0.25, 0.3) is 0 Å². The Labute approximate surface area is 335 Å². The lowest BCUT2D eigenvalue weighted by molar-refractivity contribution is -0.129. The Morgan fingerprint density at radius 1 is 0.448 bits per heavy atom.